The minimum absolute atomic E-state index is 0.0221. The number of carboxylic acid groups (broad SMARTS) is 1. The standard InChI is InChI=1S/C17H21NO3/c19-15(20)11-17(8-3-9-17)18-16(21)14-7-6-12-4-1-2-5-13(12)10-14/h1-2,4-5,14H,3,6-11H2,(H,18,21)(H,19,20). The highest BCUT2D eigenvalue weighted by molar-refractivity contribution is 5.81. The molecule has 0 heterocycles. The fourth-order valence-electron chi connectivity index (χ4n) is 3.52. The number of nitrogens with one attached hydrogen (secondary N) is 1. The van der Waals surface area contributed by atoms with Gasteiger partial charge >= 0.3 is 5.97 Å². The number of fused-ring (bicyclic) bond motifs is 1. The summed E-state index contributed by atoms with van der Waals surface area (Å²) in [6, 6.07) is 8.26. The largest absolute Gasteiger partial charge is 0.481 e. The average Bonchev–Trinajstić information content (AvgIpc) is 2.43. The number of hydrogen-bond acceptors (Lipinski definition) is 2. The molecule has 2 aliphatic carbocycles. The summed E-state index contributed by atoms with van der Waals surface area (Å²) in [5, 5.41) is 12.1. The lowest BCUT2D eigenvalue weighted by Crippen LogP contribution is -2.56. The van der Waals surface area contributed by atoms with Gasteiger partial charge in [0.05, 0.1) is 12.0 Å². The third-order valence-corrected chi connectivity index (χ3v) is 4.91. The lowest BCUT2D eigenvalue weighted by Gasteiger charge is -2.42. The lowest BCUT2D eigenvalue weighted by atomic mass is 9.73. The highest BCUT2D eigenvalue weighted by Gasteiger charge is 2.41. The molecule has 2 N–H and O–H groups in total. The molecule has 1 fully saturated rings. The van der Waals surface area contributed by atoms with Gasteiger partial charge in [0, 0.05) is 5.92 Å². The Balaban J connectivity index is 1.65. The fourth-order valence-corrected chi connectivity index (χ4v) is 3.52. The van der Waals surface area contributed by atoms with Gasteiger partial charge in [-0.3, -0.25) is 9.59 Å². The molecule has 0 radical (unpaired) electrons. The molecule has 4 heteroatoms. The van der Waals surface area contributed by atoms with Crippen LogP contribution in [0.25, 0.3) is 0 Å². The Morgan fingerprint density at radius 2 is 1.95 bits per heavy atom. The van der Waals surface area contributed by atoms with Crippen LogP contribution in [0.3, 0.4) is 0 Å². The van der Waals surface area contributed by atoms with Crippen LogP contribution in [0.1, 0.15) is 43.2 Å². The predicted molar refractivity (Wildman–Crippen MR) is 78.9 cm³/mol. The molecule has 0 bridgehead atoms. The molecule has 1 saturated carbocycles. The van der Waals surface area contributed by atoms with Crippen molar-refractivity contribution in [2.45, 2.75) is 50.5 Å². The Hall–Kier alpha value is -1.84. The van der Waals surface area contributed by atoms with E-state index in [4.69, 9.17) is 5.11 Å². The van der Waals surface area contributed by atoms with Gasteiger partial charge in [-0.05, 0) is 49.7 Å². The smallest absolute Gasteiger partial charge is 0.305 e. The third kappa shape index (κ3) is 2.94. The number of rotatable bonds is 4. The summed E-state index contributed by atoms with van der Waals surface area (Å²) < 4.78 is 0. The molecule has 1 aromatic rings. The van der Waals surface area contributed by atoms with Crippen molar-refractivity contribution in [1.82, 2.24) is 5.32 Å². The van der Waals surface area contributed by atoms with Crippen LogP contribution in [0.2, 0.25) is 0 Å². The maximum atomic E-state index is 12.5. The Morgan fingerprint density at radius 3 is 2.57 bits per heavy atom. The number of aliphatic carboxylic acids is 1. The summed E-state index contributed by atoms with van der Waals surface area (Å²) >= 11 is 0. The van der Waals surface area contributed by atoms with Gasteiger partial charge in [0.2, 0.25) is 5.91 Å². The monoisotopic (exact) mass is 287 g/mol. The summed E-state index contributed by atoms with van der Waals surface area (Å²) in [6.07, 6.45) is 5.17. The first-order valence-electron chi connectivity index (χ1n) is 7.69. The second-order valence-corrected chi connectivity index (χ2v) is 6.40. The molecule has 2 aliphatic rings. The molecular weight excluding hydrogens is 266 g/mol. The number of carboxylic acids is 1. The third-order valence-electron chi connectivity index (χ3n) is 4.91. The van der Waals surface area contributed by atoms with Gasteiger partial charge in [0.15, 0.2) is 0 Å². The molecule has 112 valence electrons. The van der Waals surface area contributed by atoms with E-state index in [1.54, 1.807) is 0 Å². The first kappa shape index (κ1) is 14.1. The van der Waals surface area contributed by atoms with Gasteiger partial charge in [-0.2, -0.15) is 0 Å². The highest BCUT2D eigenvalue weighted by atomic mass is 16.4. The summed E-state index contributed by atoms with van der Waals surface area (Å²) in [5.74, 6) is -0.819. The Bertz CT molecular complexity index is 563. The first-order valence-corrected chi connectivity index (χ1v) is 7.69. The molecule has 1 amide bonds. The van der Waals surface area contributed by atoms with Crippen LogP contribution < -0.4 is 5.32 Å². The number of amides is 1. The molecule has 3 rings (SSSR count). The zero-order valence-corrected chi connectivity index (χ0v) is 12.1. The van der Waals surface area contributed by atoms with Crippen LogP contribution in [-0.2, 0) is 22.4 Å². The Labute approximate surface area is 124 Å². The van der Waals surface area contributed by atoms with Crippen molar-refractivity contribution in [3.8, 4) is 0 Å². The van der Waals surface area contributed by atoms with Crippen molar-refractivity contribution < 1.29 is 14.7 Å². The average molecular weight is 287 g/mol. The van der Waals surface area contributed by atoms with E-state index in [0.29, 0.717) is 0 Å². The van der Waals surface area contributed by atoms with Crippen molar-refractivity contribution in [2.75, 3.05) is 0 Å². The molecule has 1 atom stereocenters. The molecule has 0 aromatic heterocycles. The first-order chi connectivity index (χ1) is 10.1. The predicted octanol–water partition coefficient (Wildman–Crippen LogP) is 2.31. The molecule has 1 aromatic carbocycles. The fraction of sp³-hybridized carbons (Fsp3) is 0.529. The normalized spacial score (nSPS) is 22.8. The number of hydrogen-bond donors (Lipinski definition) is 2. The van der Waals surface area contributed by atoms with Gasteiger partial charge in [-0.25, -0.2) is 0 Å². The van der Waals surface area contributed by atoms with E-state index in [0.717, 1.165) is 38.5 Å². The topological polar surface area (TPSA) is 66.4 Å². The van der Waals surface area contributed by atoms with Gasteiger partial charge < -0.3 is 10.4 Å². The minimum atomic E-state index is -0.830. The zero-order chi connectivity index (χ0) is 14.9. The number of benzene rings is 1. The molecule has 0 aliphatic heterocycles. The second-order valence-electron chi connectivity index (χ2n) is 6.40. The van der Waals surface area contributed by atoms with Gasteiger partial charge in [-0.15, -0.1) is 0 Å². The SMILES string of the molecule is O=C(O)CC1(NC(=O)C2CCc3ccccc3C2)CCC1. The van der Waals surface area contributed by atoms with Crippen LogP contribution in [0.15, 0.2) is 24.3 Å². The lowest BCUT2D eigenvalue weighted by molar-refractivity contribution is -0.140. The minimum Gasteiger partial charge on any atom is -0.481 e. The molecule has 21 heavy (non-hydrogen) atoms. The summed E-state index contributed by atoms with van der Waals surface area (Å²) in [7, 11) is 0. The van der Waals surface area contributed by atoms with Crippen LogP contribution in [0.4, 0.5) is 0 Å². The quantitative estimate of drug-likeness (QED) is 0.893. The molecule has 0 saturated heterocycles. The van der Waals surface area contributed by atoms with E-state index in [1.807, 2.05) is 12.1 Å². The van der Waals surface area contributed by atoms with E-state index in [-0.39, 0.29) is 18.2 Å². The Morgan fingerprint density at radius 1 is 1.24 bits per heavy atom. The van der Waals surface area contributed by atoms with Crippen molar-refractivity contribution >= 4 is 11.9 Å². The van der Waals surface area contributed by atoms with Gasteiger partial charge in [-0.1, -0.05) is 24.3 Å². The summed E-state index contributed by atoms with van der Waals surface area (Å²) in [6.45, 7) is 0. The van der Waals surface area contributed by atoms with Gasteiger partial charge in [0.25, 0.3) is 0 Å². The number of carbonyl (C=O) groups is 2. The van der Waals surface area contributed by atoms with E-state index in [9.17, 15) is 9.59 Å². The molecule has 0 spiro atoms. The van der Waals surface area contributed by atoms with E-state index in [1.165, 1.54) is 11.1 Å². The van der Waals surface area contributed by atoms with Gasteiger partial charge in [0.1, 0.15) is 0 Å². The van der Waals surface area contributed by atoms with Crippen LogP contribution >= 0.6 is 0 Å². The number of aryl methyl sites for hydroxylation is 1. The summed E-state index contributed by atoms with van der Waals surface area (Å²) in [5.41, 5.74) is 2.11. The van der Waals surface area contributed by atoms with Crippen molar-refractivity contribution in [1.29, 1.82) is 0 Å². The van der Waals surface area contributed by atoms with Crippen LogP contribution in [-0.4, -0.2) is 22.5 Å². The van der Waals surface area contributed by atoms with Crippen molar-refractivity contribution in [3.05, 3.63) is 35.4 Å². The summed E-state index contributed by atoms with van der Waals surface area (Å²) in [4.78, 5) is 23.5. The molecule has 1 unspecified atom stereocenters. The van der Waals surface area contributed by atoms with E-state index >= 15 is 0 Å². The molecular formula is C17H21NO3. The van der Waals surface area contributed by atoms with E-state index < -0.39 is 11.5 Å². The second kappa shape index (κ2) is 5.51. The van der Waals surface area contributed by atoms with Crippen molar-refractivity contribution in [3.63, 3.8) is 0 Å². The maximum Gasteiger partial charge on any atom is 0.305 e. The number of carbonyl (C=O) groups excluding carboxylic acids is 1. The van der Waals surface area contributed by atoms with Crippen LogP contribution in [0.5, 0.6) is 0 Å². The van der Waals surface area contributed by atoms with Crippen LogP contribution in [0, 0.1) is 5.92 Å². The van der Waals surface area contributed by atoms with Crippen molar-refractivity contribution in [2.24, 2.45) is 5.92 Å². The maximum absolute atomic E-state index is 12.5. The van der Waals surface area contributed by atoms with E-state index in [2.05, 4.69) is 17.4 Å². The Kier molecular flexibility index (Phi) is 3.70. The highest BCUT2D eigenvalue weighted by Crippen LogP contribution is 2.36. The molecule has 4 nitrogen and oxygen atoms in total. The zero-order valence-electron chi connectivity index (χ0n) is 12.1.